The zero-order valence-electron chi connectivity index (χ0n) is 24.7. The van der Waals surface area contributed by atoms with Crippen LogP contribution in [-0.2, 0) is 27.9 Å². The molecule has 9 heteroatoms. The molecule has 37 heavy (non-hydrogen) atoms. The lowest BCUT2D eigenvalue weighted by molar-refractivity contribution is -0.870. The summed E-state index contributed by atoms with van der Waals surface area (Å²) in [6.45, 7) is 4.41. The van der Waals surface area contributed by atoms with Gasteiger partial charge >= 0.3 is 5.97 Å². The van der Waals surface area contributed by atoms with E-state index in [2.05, 4.69) is 6.92 Å². The smallest absolute Gasteiger partial charge is 0.303 e. The number of rotatable bonds is 27. The second-order valence-electron chi connectivity index (χ2n) is 11.2. The normalized spacial score (nSPS) is 14.4. The number of hydrogen-bond donors (Lipinski definition) is 0. The highest BCUT2D eigenvalue weighted by Gasteiger charge is 2.19. The molecule has 0 radical (unpaired) electrons. The summed E-state index contributed by atoms with van der Waals surface area (Å²) < 4.78 is 33.1. The van der Waals surface area contributed by atoms with Crippen LogP contribution in [0.25, 0.3) is 0 Å². The van der Waals surface area contributed by atoms with Gasteiger partial charge in [0.25, 0.3) is 7.82 Å². The molecule has 0 spiro atoms. The summed E-state index contributed by atoms with van der Waals surface area (Å²) in [5.41, 5.74) is 0. The molecule has 0 amide bonds. The second kappa shape index (κ2) is 23.4. The fourth-order valence-corrected chi connectivity index (χ4v) is 4.68. The number of ether oxygens (including phenoxy) is 2. The van der Waals surface area contributed by atoms with Crippen molar-refractivity contribution in [1.82, 2.24) is 0 Å². The standard InChI is InChI=1S/C28H58NO7P/c1-6-7-8-9-10-11-12-13-14-15-16-17-18-19-20-21-23-33-25-28(36-27(2)30)26-35-37(31,32)34-24-22-29(3,4)5/h28H,6-26H2,1-5H3/t28-/m1/s1. The topological polar surface area (TPSA) is 94.1 Å². The van der Waals surface area contributed by atoms with Crippen LogP contribution in [0.5, 0.6) is 0 Å². The van der Waals surface area contributed by atoms with Gasteiger partial charge in [0.2, 0.25) is 0 Å². The first-order chi connectivity index (χ1) is 17.6. The summed E-state index contributed by atoms with van der Waals surface area (Å²) in [5, 5.41) is 0. The van der Waals surface area contributed by atoms with E-state index in [1.807, 2.05) is 21.1 Å². The summed E-state index contributed by atoms with van der Waals surface area (Å²) in [6.07, 6.45) is 20.2. The van der Waals surface area contributed by atoms with E-state index < -0.39 is 19.9 Å². The molecular formula is C28H58NO7P. The highest BCUT2D eigenvalue weighted by Crippen LogP contribution is 2.38. The predicted molar refractivity (Wildman–Crippen MR) is 148 cm³/mol. The Morgan fingerprint density at radius 3 is 1.62 bits per heavy atom. The lowest BCUT2D eigenvalue weighted by Crippen LogP contribution is -2.37. The van der Waals surface area contributed by atoms with E-state index in [9.17, 15) is 14.3 Å². The van der Waals surface area contributed by atoms with Crippen molar-refractivity contribution in [2.75, 3.05) is 54.1 Å². The summed E-state index contributed by atoms with van der Waals surface area (Å²) >= 11 is 0. The number of unbranched alkanes of at least 4 members (excludes halogenated alkanes) is 15. The first-order valence-electron chi connectivity index (χ1n) is 14.7. The Kier molecular flexibility index (Phi) is 23.1. The van der Waals surface area contributed by atoms with Crippen molar-refractivity contribution in [1.29, 1.82) is 0 Å². The Morgan fingerprint density at radius 2 is 1.19 bits per heavy atom. The molecule has 0 N–H and O–H groups in total. The average Bonchev–Trinajstić information content (AvgIpc) is 2.80. The molecule has 0 bridgehead atoms. The van der Waals surface area contributed by atoms with Gasteiger partial charge in [-0.25, -0.2) is 0 Å². The zero-order valence-corrected chi connectivity index (χ0v) is 25.6. The quantitative estimate of drug-likeness (QED) is 0.0504. The minimum atomic E-state index is -4.46. The van der Waals surface area contributed by atoms with Crippen molar-refractivity contribution in [3.8, 4) is 0 Å². The van der Waals surface area contributed by atoms with Gasteiger partial charge < -0.3 is 27.9 Å². The maximum absolute atomic E-state index is 11.9. The molecule has 0 saturated carbocycles. The fraction of sp³-hybridized carbons (Fsp3) is 0.964. The minimum absolute atomic E-state index is 0.0261. The summed E-state index contributed by atoms with van der Waals surface area (Å²) in [6, 6.07) is 0. The number of carbonyl (C=O) groups is 1. The minimum Gasteiger partial charge on any atom is -0.756 e. The average molecular weight is 552 g/mol. The molecule has 8 nitrogen and oxygen atoms in total. The van der Waals surface area contributed by atoms with Crippen molar-refractivity contribution in [3.63, 3.8) is 0 Å². The Hall–Kier alpha value is -0.500. The Balaban J connectivity index is 3.71. The summed E-state index contributed by atoms with van der Waals surface area (Å²) in [5.74, 6) is -0.508. The third kappa shape index (κ3) is 28.3. The van der Waals surface area contributed by atoms with Crippen LogP contribution >= 0.6 is 7.82 Å². The number of phosphoric ester groups is 1. The van der Waals surface area contributed by atoms with Gasteiger partial charge in [0.1, 0.15) is 19.3 Å². The molecular weight excluding hydrogens is 493 g/mol. The number of nitrogens with zero attached hydrogens (tertiary/aromatic N) is 1. The van der Waals surface area contributed by atoms with Crippen LogP contribution in [-0.4, -0.2) is 70.7 Å². The Morgan fingerprint density at radius 1 is 0.730 bits per heavy atom. The van der Waals surface area contributed by atoms with Crippen molar-refractivity contribution < 1.29 is 37.3 Å². The number of phosphoric acid groups is 1. The van der Waals surface area contributed by atoms with Gasteiger partial charge in [-0.05, 0) is 6.42 Å². The molecule has 0 rings (SSSR count). The molecule has 0 aromatic rings. The van der Waals surface area contributed by atoms with E-state index in [1.165, 1.54) is 96.8 Å². The van der Waals surface area contributed by atoms with Crippen molar-refractivity contribution in [2.24, 2.45) is 0 Å². The van der Waals surface area contributed by atoms with Gasteiger partial charge in [-0.3, -0.25) is 9.36 Å². The fourth-order valence-electron chi connectivity index (χ4n) is 3.96. The van der Waals surface area contributed by atoms with E-state index in [0.29, 0.717) is 17.6 Å². The summed E-state index contributed by atoms with van der Waals surface area (Å²) in [7, 11) is 1.35. The number of carbonyl (C=O) groups excluding carboxylic acids is 1. The Bertz CT molecular complexity index is 583. The lowest BCUT2D eigenvalue weighted by atomic mass is 10.0. The van der Waals surface area contributed by atoms with Crippen LogP contribution in [0.1, 0.15) is 117 Å². The van der Waals surface area contributed by atoms with Gasteiger partial charge in [-0.2, -0.15) is 0 Å². The number of quaternary nitrogens is 1. The van der Waals surface area contributed by atoms with Crippen molar-refractivity contribution in [2.45, 2.75) is 123 Å². The highest BCUT2D eigenvalue weighted by atomic mass is 31.2. The molecule has 0 aliphatic rings. The third-order valence-corrected chi connectivity index (χ3v) is 7.17. The van der Waals surface area contributed by atoms with E-state index in [-0.39, 0.29) is 19.8 Å². The maximum Gasteiger partial charge on any atom is 0.303 e. The van der Waals surface area contributed by atoms with Crippen LogP contribution in [0.4, 0.5) is 0 Å². The molecule has 2 atom stereocenters. The number of esters is 1. The third-order valence-electron chi connectivity index (χ3n) is 6.21. The van der Waals surface area contributed by atoms with Gasteiger partial charge in [0, 0.05) is 13.5 Å². The predicted octanol–water partition coefficient (Wildman–Crippen LogP) is 6.40. The van der Waals surface area contributed by atoms with Crippen LogP contribution in [0.2, 0.25) is 0 Å². The first kappa shape index (κ1) is 36.5. The molecule has 0 aromatic carbocycles. The van der Waals surface area contributed by atoms with Gasteiger partial charge in [-0.1, -0.05) is 103 Å². The molecule has 0 fully saturated rings. The van der Waals surface area contributed by atoms with E-state index in [0.717, 1.165) is 12.8 Å². The van der Waals surface area contributed by atoms with Gasteiger partial charge in [-0.15, -0.1) is 0 Å². The molecule has 0 aliphatic heterocycles. The first-order valence-corrected chi connectivity index (χ1v) is 16.2. The van der Waals surface area contributed by atoms with Crippen LogP contribution in [0.15, 0.2) is 0 Å². The molecule has 1 unspecified atom stereocenters. The van der Waals surface area contributed by atoms with Crippen molar-refractivity contribution >= 4 is 13.8 Å². The largest absolute Gasteiger partial charge is 0.756 e. The van der Waals surface area contributed by atoms with Crippen molar-refractivity contribution in [3.05, 3.63) is 0 Å². The molecule has 0 saturated heterocycles. The summed E-state index contributed by atoms with van der Waals surface area (Å²) in [4.78, 5) is 23.3. The van der Waals surface area contributed by atoms with Crippen LogP contribution in [0, 0.1) is 0 Å². The number of likely N-dealkylation sites (N-methyl/N-ethyl adjacent to an activating group) is 1. The highest BCUT2D eigenvalue weighted by molar-refractivity contribution is 7.45. The lowest BCUT2D eigenvalue weighted by Gasteiger charge is -2.28. The molecule has 0 aromatic heterocycles. The monoisotopic (exact) mass is 551 g/mol. The number of hydrogen-bond acceptors (Lipinski definition) is 7. The molecule has 222 valence electrons. The van der Waals surface area contributed by atoms with Crippen LogP contribution in [0.3, 0.4) is 0 Å². The molecule has 0 aliphatic carbocycles. The Labute approximate surface area is 228 Å². The van der Waals surface area contributed by atoms with E-state index in [4.69, 9.17) is 18.5 Å². The van der Waals surface area contributed by atoms with E-state index >= 15 is 0 Å². The van der Waals surface area contributed by atoms with E-state index in [1.54, 1.807) is 0 Å². The molecule has 0 heterocycles. The SMILES string of the molecule is CCCCCCCCCCCCCCCCCCOC[C@H](COP(=O)([O-])OCC[N+](C)(C)C)OC(C)=O. The van der Waals surface area contributed by atoms with Gasteiger partial charge in [0.15, 0.2) is 0 Å². The van der Waals surface area contributed by atoms with Gasteiger partial charge in [0.05, 0.1) is 34.4 Å². The second-order valence-corrected chi connectivity index (χ2v) is 12.6. The van der Waals surface area contributed by atoms with Crippen LogP contribution < -0.4 is 4.89 Å². The zero-order chi connectivity index (χ0) is 27.8. The maximum atomic E-state index is 11.9.